The summed E-state index contributed by atoms with van der Waals surface area (Å²) in [7, 11) is 3.16. The summed E-state index contributed by atoms with van der Waals surface area (Å²) in [5.74, 6) is 1.94. The molecule has 170 valence electrons. The van der Waals surface area contributed by atoms with Crippen molar-refractivity contribution < 1.29 is 14.3 Å². The zero-order valence-corrected chi connectivity index (χ0v) is 19.8. The van der Waals surface area contributed by atoms with Crippen LogP contribution >= 0.6 is 11.3 Å². The molecule has 8 nitrogen and oxygen atoms in total. The van der Waals surface area contributed by atoms with Crippen LogP contribution in [0.5, 0.6) is 11.5 Å². The molecule has 3 aromatic rings. The van der Waals surface area contributed by atoms with Crippen LogP contribution in [0.1, 0.15) is 28.6 Å². The van der Waals surface area contributed by atoms with Crippen molar-refractivity contribution in [2.24, 2.45) is 0 Å². The Morgan fingerprint density at radius 1 is 1.16 bits per heavy atom. The Balaban J connectivity index is 1.60. The van der Waals surface area contributed by atoms with Crippen molar-refractivity contribution in [3.8, 4) is 11.5 Å². The van der Waals surface area contributed by atoms with E-state index in [9.17, 15) is 4.79 Å². The van der Waals surface area contributed by atoms with E-state index < -0.39 is 0 Å². The predicted molar refractivity (Wildman–Crippen MR) is 129 cm³/mol. The molecular weight excluding hydrogens is 426 g/mol. The molecule has 2 aromatic heterocycles. The number of aromatic nitrogens is 2. The third-order valence-corrected chi connectivity index (χ3v) is 6.98. The number of thiophene rings is 1. The van der Waals surface area contributed by atoms with E-state index in [0.29, 0.717) is 22.1 Å². The Morgan fingerprint density at radius 2 is 1.94 bits per heavy atom. The zero-order chi connectivity index (χ0) is 22.7. The number of nitrogens with one attached hydrogen (secondary N) is 1. The number of hydrogen-bond acceptors (Lipinski definition) is 8. The van der Waals surface area contributed by atoms with Crippen LogP contribution in [0.3, 0.4) is 0 Å². The highest BCUT2D eigenvalue weighted by Crippen LogP contribution is 2.36. The summed E-state index contributed by atoms with van der Waals surface area (Å²) in [5, 5.41) is 3.94. The lowest BCUT2D eigenvalue weighted by Gasteiger charge is -2.35. The SMILES string of the molecule is CCCN1CCN(c2ncnc3sc(C(=O)Nc4ccc(OC)cc4OC)c(C)c23)CC1. The van der Waals surface area contributed by atoms with E-state index in [1.54, 1.807) is 38.7 Å². The van der Waals surface area contributed by atoms with Gasteiger partial charge in [-0.25, -0.2) is 9.97 Å². The fourth-order valence-electron chi connectivity index (χ4n) is 4.09. The second-order valence-electron chi connectivity index (χ2n) is 7.78. The van der Waals surface area contributed by atoms with Crippen LogP contribution in [-0.2, 0) is 0 Å². The molecule has 0 radical (unpaired) electrons. The van der Waals surface area contributed by atoms with Gasteiger partial charge >= 0.3 is 0 Å². The largest absolute Gasteiger partial charge is 0.497 e. The maximum Gasteiger partial charge on any atom is 0.266 e. The van der Waals surface area contributed by atoms with Crippen molar-refractivity contribution in [3.63, 3.8) is 0 Å². The van der Waals surface area contributed by atoms with Gasteiger partial charge in [0, 0.05) is 32.2 Å². The van der Waals surface area contributed by atoms with Gasteiger partial charge in [0.25, 0.3) is 5.91 Å². The molecule has 4 rings (SSSR count). The van der Waals surface area contributed by atoms with Crippen molar-refractivity contribution in [3.05, 3.63) is 35.0 Å². The summed E-state index contributed by atoms with van der Waals surface area (Å²) < 4.78 is 10.7. The second-order valence-corrected chi connectivity index (χ2v) is 8.78. The summed E-state index contributed by atoms with van der Waals surface area (Å²) in [5.41, 5.74) is 1.50. The Kier molecular flexibility index (Phi) is 6.76. The minimum absolute atomic E-state index is 0.187. The van der Waals surface area contributed by atoms with Crippen LogP contribution in [0.2, 0.25) is 0 Å². The molecule has 1 saturated heterocycles. The smallest absolute Gasteiger partial charge is 0.266 e. The van der Waals surface area contributed by atoms with Crippen molar-refractivity contribution in [1.29, 1.82) is 0 Å². The van der Waals surface area contributed by atoms with Crippen molar-refractivity contribution in [2.75, 3.05) is 57.2 Å². The lowest BCUT2D eigenvalue weighted by atomic mass is 10.1. The van der Waals surface area contributed by atoms with Crippen LogP contribution in [0, 0.1) is 6.92 Å². The van der Waals surface area contributed by atoms with Crippen LogP contribution < -0.4 is 19.7 Å². The van der Waals surface area contributed by atoms with Gasteiger partial charge < -0.3 is 19.7 Å². The van der Waals surface area contributed by atoms with Gasteiger partial charge in [-0.15, -0.1) is 11.3 Å². The first-order valence-electron chi connectivity index (χ1n) is 10.8. The first-order chi connectivity index (χ1) is 15.5. The summed E-state index contributed by atoms with van der Waals surface area (Å²) in [6, 6.07) is 5.31. The molecular formula is C23H29N5O3S. The number of nitrogens with zero attached hydrogens (tertiary/aromatic N) is 4. The van der Waals surface area contributed by atoms with Gasteiger partial charge in [0.05, 0.1) is 30.2 Å². The van der Waals surface area contributed by atoms with E-state index in [2.05, 4.69) is 32.0 Å². The summed E-state index contributed by atoms with van der Waals surface area (Å²) in [4.78, 5) is 28.5. The number of anilines is 2. The molecule has 1 aliphatic rings. The summed E-state index contributed by atoms with van der Waals surface area (Å²) in [6.07, 6.45) is 2.76. The molecule has 0 bridgehead atoms. The van der Waals surface area contributed by atoms with E-state index in [0.717, 1.165) is 54.3 Å². The molecule has 0 aliphatic carbocycles. The number of rotatable bonds is 7. The van der Waals surface area contributed by atoms with Gasteiger partial charge in [0.1, 0.15) is 28.5 Å². The van der Waals surface area contributed by atoms with Crippen molar-refractivity contribution >= 4 is 39.0 Å². The molecule has 1 N–H and O–H groups in total. The Bertz CT molecular complexity index is 1110. The highest BCUT2D eigenvalue weighted by atomic mass is 32.1. The van der Waals surface area contributed by atoms with Gasteiger partial charge in [-0.3, -0.25) is 9.69 Å². The van der Waals surface area contributed by atoms with E-state index in [4.69, 9.17) is 9.47 Å². The fraction of sp³-hybridized carbons (Fsp3) is 0.435. The van der Waals surface area contributed by atoms with Crippen LogP contribution in [0.25, 0.3) is 10.2 Å². The quantitative estimate of drug-likeness (QED) is 0.580. The highest BCUT2D eigenvalue weighted by Gasteiger charge is 2.24. The van der Waals surface area contributed by atoms with Crippen LogP contribution in [0.4, 0.5) is 11.5 Å². The lowest BCUT2D eigenvalue weighted by Crippen LogP contribution is -2.46. The van der Waals surface area contributed by atoms with Crippen LogP contribution in [-0.4, -0.2) is 67.7 Å². The normalized spacial score (nSPS) is 14.6. The molecule has 1 fully saturated rings. The van der Waals surface area contributed by atoms with Gasteiger partial charge in [-0.05, 0) is 37.6 Å². The predicted octanol–water partition coefficient (Wildman–Crippen LogP) is 3.80. The van der Waals surface area contributed by atoms with Gasteiger partial charge in [-0.2, -0.15) is 0 Å². The Hall–Kier alpha value is -2.91. The van der Waals surface area contributed by atoms with Crippen LogP contribution in [0.15, 0.2) is 24.5 Å². The van der Waals surface area contributed by atoms with E-state index in [1.165, 1.54) is 17.8 Å². The average molecular weight is 456 g/mol. The molecule has 3 heterocycles. The lowest BCUT2D eigenvalue weighted by molar-refractivity contribution is 0.102. The number of carbonyl (C=O) groups is 1. The van der Waals surface area contributed by atoms with E-state index >= 15 is 0 Å². The minimum Gasteiger partial charge on any atom is -0.497 e. The monoisotopic (exact) mass is 455 g/mol. The number of hydrogen-bond donors (Lipinski definition) is 1. The zero-order valence-electron chi connectivity index (χ0n) is 19.0. The van der Waals surface area contributed by atoms with Crippen molar-refractivity contribution in [2.45, 2.75) is 20.3 Å². The number of ether oxygens (including phenoxy) is 2. The molecule has 1 aromatic carbocycles. The molecule has 0 spiro atoms. The molecule has 1 aliphatic heterocycles. The molecule has 0 saturated carbocycles. The molecule has 0 atom stereocenters. The number of methoxy groups -OCH3 is 2. The Labute approximate surface area is 192 Å². The summed E-state index contributed by atoms with van der Waals surface area (Å²) >= 11 is 1.39. The summed E-state index contributed by atoms with van der Waals surface area (Å²) in [6.45, 7) is 9.20. The number of fused-ring (bicyclic) bond motifs is 1. The number of benzene rings is 1. The van der Waals surface area contributed by atoms with E-state index in [-0.39, 0.29) is 5.91 Å². The molecule has 0 unspecified atom stereocenters. The third-order valence-electron chi connectivity index (χ3n) is 5.78. The number of carbonyl (C=O) groups excluding carboxylic acids is 1. The maximum atomic E-state index is 13.2. The molecule has 32 heavy (non-hydrogen) atoms. The molecule has 9 heteroatoms. The first-order valence-corrected chi connectivity index (χ1v) is 11.6. The van der Waals surface area contributed by atoms with Gasteiger partial charge in [-0.1, -0.05) is 6.92 Å². The fourth-order valence-corrected chi connectivity index (χ4v) is 5.13. The third kappa shape index (κ3) is 4.35. The molecule has 1 amide bonds. The average Bonchev–Trinajstić information content (AvgIpc) is 3.17. The number of aryl methyl sites for hydroxylation is 1. The first kappa shape index (κ1) is 22.3. The second kappa shape index (κ2) is 9.70. The minimum atomic E-state index is -0.187. The topological polar surface area (TPSA) is 79.8 Å². The number of amides is 1. The van der Waals surface area contributed by atoms with Gasteiger partial charge in [0.2, 0.25) is 0 Å². The highest BCUT2D eigenvalue weighted by molar-refractivity contribution is 7.20. The Morgan fingerprint density at radius 3 is 2.62 bits per heavy atom. The van der Waals surface area contributed by atoms with E-state index in [1.807, 2.05) is 6.92 Å². The maximum absolute atomic E-state index is 13.2. The standard InChI is InChI=1S/C23H29N5O3S/c1-5-8-27-9-11-28(12-10-27)21-19-15(2)20(32-23(19)25-14-24-21)22(29)26-17-7-6-16(30-3)13-18(17)31-4/h6-7,13-14H,5,8-12H2,1-4H3,(H,26,29). The van der Waals surface area contributed by atoms with Crippen molar-refractivity contribution in [1.82, 2.24) is 14.9 Å². The van der Waals surface area contributed by atoms with Gasteiger partial charge in [0.15, 0.2) is 0 Å². The number of piperazine rings is 1.